The molecule has 0 spiro atoms. The molecule has 158 valence electrons. The minimum atomic E-state index is 0.0364. The fraction of sp³-hybridized carbons (Fsp3) is 0.682. The average Bonchev–Trinajstić information content (AvgIpc) is 3.49. The molecule has 0 aliphatic heterocycles. The van der Waals surface area contributed by atoms with E-state index in [1.165, 1.54) is 41.5 Å². The molecule has 2 aliphatic rings. The highest BCUT2D eigenvalue weighted by molar-refractivity contribution is 7.99. The summed E-state index contributed by atoms with van der Waals surface area (Å²) in [4.78, 5) is 32.9. The Morgan fingerprint density at radius 1 is 1.31 bits per heavy atom. The number of thioether (sulfide) groups is 1. The van der Waals surface area contributed by atoms with Gasteiger partial charge in [-0.05, 0) is 63.4 Å². The van der Waals surface area contributed by atoms with Gasteiger partial charge in [-0.3, -0.25) is 14.2 Å². The minimum Gasteiger partial charge on any atom is -0.353 e. The first-order valence-corrected chi connectivity index (χ1v) is 12.9. The van der Waals surface area contributed by atoms with Crippen LogP contribution in [0.2, 0.25) is 0 Å². The third-order valence-corrected chi connectivity index (χ3v) is 8.24. The third kappa shape index (κ3) is 4.71. The highest BCUT2D eigenvalue weighted by atomic mass is 32.2. The van der Waals surface area contributed by atoms with E-state index in [4.69, 9.17) is 4.98 Å². The van der Waals surface area contributed by atoms with Crippen LogP contribution in [0.3, 0.4) is 0 Å². The van der Waals surface area contributed by atoms with Gasteiger partial charge in [-0.15, -0.1) is 11.3 Å². The van der Waals surface area contributed by atoms with Crippen molar-refractivity contribution in [3.8, 4) is 0 Å². The lowest BCUT2D eigenvalue weighted by Crippen LogP contribution is -2.35. The summed E-state index contributed by atoms with van der Waals surface area (Å²) in [5.41, 5.74) is 1.34. The number of carbonyl (C=O) groups is 1. The summed E-state index contributed by atoms with van der Waals surface area (Å²) < 4.78 is 1.84. The second kappa shape index (κ2) is 9.21. The van der Waals surface area contributed by atoms with E-state index in [9.17, 15) is 9.59 Å². The minimum absolute atomic E-state index is 0.0364. The maximum Gasteiger partial charge on any atom is 0.263 e. The summed E-state index contributed by atoms with van der Waals surface area (Å²) in [6.45, 7) is 4.94. The molecule has 2 aromatic rings. The molecule has 1 N–H and O–H groups in total. The number of aromatic nitrogens is 2. The summed E-state index contributed by atoms with van der Waals surface area (Å²) in [5, 5.41) is 4.65. The summed E-state index contributed by atoms with van der Waals surface area (Å²) in [6, 6.07) is 0.245. The molecule has 4 rings (SSSR count). The molecule has 0 radical (unpaired) electrons. The van der Waals surface area contributed by atoms with E-state index in [0.29, 0.717) is 23.4 Å². The van der Waals surface area contributed by atoms with Gasteiger partial charge in [-0.1, -0.05) is 31.5 Å². The molecule has 7 heteroatoms. The molecule has 1 atom stereocenters. The van der Waals surface area contributed by atoms with Gasteiger partial charge in [-0.25, -0.2) is 4.98 Å². The highest BCUT2D eigenvalue weighted by Gasteiger charge is 2.29. The van der Waals surface area contributed by atoms with Crippen LogP contribution in [0.15, 0.2) is 9.95 Å². The van der Waals surface area contributed by atoms with Gasteiger partial charge < -0.3 is 5.32 Å². The van der Waals surface area contributed by atoms with Crippen LogP contribution in [-0.4, -0.2) is 27.3 Å². The van der Waals surface area contributed by atoms with Crippen molar-refractivity contribution in [1.29, 1.82) is 0 Å². The van der Waals surface area contributed by atoms with Gasteiger partial charge in [0.05, 0.1) is 11.1 Å². The molecule has 0 aromatic carbocycles. The largest absolute Gasteiger partial charge is 0.353 e. The van der Waals surface area contributed by atoms with Crippen molar-refractivity contribution in [3.05, 3.63) is 20.8 Å². The Balaban J connectivity index is 1.59. The number of rotatable bonds is 9. The number of hydrogen-bond acceptors (Lipinski definition) is 5. The predicted molar refractivity (Wildman–Crippen MR) is 121 cm³/mol. The van der Waals surface area contributed by atoms with Crippen LogP contribution in [-0.2, 0) is 24.2 Å². The number of aryl methyl sites for hydroxylation is 2. The molecule has 2 aliphatic carbocycles. The number of unbranched alkanes of at least 4 members (excludes halogenated alkanes) is 2. The fourth-order valence-corrected chi connectivity index (χ4v) is 6.33. The van der Waals surface area contributed by atoms with Gasteiger partial charge in [0.1, 0.15) is 4.83 Å². The number of amides is 1. The summed E-state index contributed by atoms with van der Waals surface area (Å²) in [6.07, 6.45) is 10.0. The number of fused-ring (bicyclic) bond motifs is 3. The smallest absolute Gasteiger partial charge is 0.263 e. The lowest BCUT2D eigenvalue weighted by Gasteiger charge is -2.15. The van der Waals surface area contributed by atoms with Crippen molar-refractivity contribution in [3.63, 3.8) is 0 Å². The first-order valence-electron chi connectivity index (χ1n) is 11.1. The van der Waals surface area contributed by atoms with Crippen LogP contribution < -0.4 is 10.9 Å². The second-order valence-electron chi connectivity index (χ2n) is 8.43. The van der Waals surface area contributed by atoms with Crippen LogP contribution in [0.4, 0.5) is 0 Å². The molecule has 2 heterocycles. The van der Waals surface area contributed by atoms with Gasteiger partial charge in [0, 0.05) is 17.5 Å². The van der Waals surface area contributed by atoms with E-state index in [-0.39, 0.29) is 17.5 Å². The van der Waals surface area contributed by atoms with Crippen LogP contribution >= 0.6 is 23.1 Å². The Morgan fingerprint density at radius 2 is 2.10 bits per heavy atom. The predicted octanol–water partition coefficient (Wildman–Crippen LogP) is 4.53. The maximum atomic E-state index is 13.4. The molecule has 1 saturated carbocycles. The van der Waals surface area contributed by atoms with Crippen molar-refractivity contribution in [2.45, 2.75) is 89.4 Å². The van der Waals surface area contributed by atoms with Gasteiger partial charge >= 0.3 is 0 Å². The zero-order chi connectivity index (χ0) is 20.4. The van der Waals surface area contributed by atoms with Crippen molar-refractivity contribution in [2.75, 3.05) is 5.75 Å². The van der Waals surface area contributed by atoms with E-state index >= 15 is 0 Å². The molecular weight excluding hydrogens is 402 g/mol. The zero-order valence-electron chi connectivity index (χ0n) is 17.5. The molecule has 1 amide bonds. The van der Waals surface area contributed by atoms with E-state index in [1.807, 2.05) is 4.57 Å². The van der Waals surface area contributed by atoms with Gasteiger partial charge in [-0.2, -0.15) is 0 Å². The van der Waals surface area contributed by atoms with Crippen LogP contribution in [0, 0.1) is 5.92 Å². The molecule has 1 fully saturated rings. The molecule has 0 saturated heterocycles. The number of nitrogens with zero attached hydrogens (tertiary/aromatic N) is 2. The molecule has 0 bridgehead atoms. The standard InChI is InChI=1S/C22H31N3O2S2/c1-3-4-7-12-25-21(27)19-16-8-5-6-9-17(16)29-20(19)24-22(25)28-13-18(26)23-14(2)15-10-11-15/h14-15H,3-13H2,1-2H3,(H,23,26). The summed E-state index contributed by atoms with van der Waals surface area (Å²) >= 11 is 3.09. The monoisotopic (exact) mass is 433 g/mol. The van der Waals surface area contributed by atoms with E-state index in [1.54, 1.807) is 11.3 Å². The van der Waals surface area contributed by atoms with Crippen molar-refractivity contribution >= 4 is 39.2 Å². The van der Waals surface area contributed by atoms with E-state index in [2.05, 4.69) is 19.2 Å². The molecule has 2 aromatic heterocycles. The van der Waals surface area contributed by atoms with Crippen molar-refractivity contribution in [1.82, 2.24) is 14.9 Å². The van der Waals surface area contributed by atoms with E-state index in [0.717, 1.165) is 48.7 Å². The number of nitrogens with one attached hydrogen (secondary N) is 1. The SMILES string of the molecule is CCCCCn1c(SCC(=O)NC(C)C2CC2)nc2sc3c(c2c1=O)CCCC3. The molecular formula is C22H31N3O2S2. The van der Waals surface area contributed by atoms with Crippen LogP contribution in [0.25, 0.3) is 10.2 Å². The first kappa shape index (κ1) is 20.9. The van der Waals surface area contributed by atoms with Gasteiger partial charge in [0.15, 0.2) is 5.16 Å². The maximum absolute atomic E-state index is 13.4. The lowest BCUT2D eigenvalue weighted by atomic mass is 9.97. The normalized spacial score (nSPS) is 17.3. The molecule has 5 nitrogen and oxygen atoms in total. The van der Waals surface area contributed by atoms with Gasteiger partial charge in [0.25, 0.3) is 5.56 Å². The zero-order valence-corrected chi connectivity index (χ0v) is 19.1. The Labute approximate surface area is 180 Å². The highest BCUT2D eigenvalue weighted by Crippen LogP contribution is 2.35. The lowest BCUT2D eigenvalue weighted by molar-refractivity contribution is -0.119. The fourth-order valence-electron chi connectivity index (χ4n) is 4.19. The number of carbonyl (C=O) groups excluding carboxylic acids is 1. The van der Waals surface area contributed by atoms with Crippen LogP contribution in [0.5, 0.6) is 0 Å². The molecule has 29 heavy (non-hydrogen) atoms. The number of thiophene rings is 1. The Morgan fingerprint density at radius 3 is 2.86 bits per heavy atom. The topological polar surface area (TPSA) is 64.0 Å². The second-order valence-corrected chi connectivity index (χ2v) is 10.5. The van der Waals surface area contributed by atoms with Crippen molar-refractivity contribution in [2.24, 2.45) is 5.92 Å². The van der Waals surface area contributed by atoms with E-state index < -0.39 is 0 Å². The Kier molecular flexibility index (Phi) is 6.64. The van der Waals surface area contributed by atoms with Crippen molar-refractivity contribution < 1.29 is 4.79 Å². The summed E-state index contributed by atoms with van der Waals surface area (Å²) in [7, 11) is 0. The summed E-state index contributed by atoms with van der Waals surface area (Å²) in [5.74, 6) is 0.992. The quantitative estimate of drug-likeness (QED) is 0.358. The van der Waals surface area contributed by atoms with Gasteiger partial charge in [0.2, 0.25) is 5.91 Å². The number of hydrogen-bond donors (Lipinski definition) is 1. The average molecular weight is 434 g/mol. The first-order chi connectivity index (χ1) is 14.1. The molecule has 1 unspecified atom stereocenters. The Bertz CT molecular complexity index is 946. The third-order valence-electron chi connectivity index (χ3n) is 6.08. The van der Waals surface area contributed by atoms with Crippen LogP contribution in [0.1, 0.15) is 69.2 Å². The Hall–Kier alpha value is -1.34.